The lowest BCUT2D eigenvalue weighted by molar-refractivity contribution is -0.384. The molecule has 0 saturated heterocycles. The van der Waals surface area contributed by atoms with Crippen LogP contribution in [-0.2, 0) is 6.42 Å². The van der Waals surface area contributed by atoms with Crippen LogP contribution >= 0.6 is 0 Å². The topological polar surface area (TPSA) is 84.3 Å². The molecule has 0 spiro atoms. The standard InChI is InChI=1S/C10H10FN3O3/c1-12-9-7(14(16)17)4-6-5(8(9)11)2-3-13-10(6)15/h4,12H,2-3H2,1H3,(H,13,15). The molecule has 0 saturated carbocycles. The molecular formula is C10H10FN3O3. The smallest absolute Gasteiger partial charge is 0.296 e. The molecule has 0 unspecified atom stereocenters. The van der Waals surface area contributed by atoms with Gasteiger partial charge in [-0.3, -0.25) is 14.9 Å². The maximum Gasteiger partial charge on any atom is 0.296 e. The number of nitro groups is 1. The molecule has 7 heteroatoms. The lowest BCUT2D eigenvalue weighted by Crippen LogP contribution is -2.32. The highest BCUT2D eigenvalue weighted by Gasteiger charge is 2.28. The summed E-state index contributed by atoms with van der Waals surface area (Å²) in [6.07, 6.45) is 0.333. The number of hydrogen-bond donors (Lipinski definition) is 2. The van der Waals surface area contributed by atoms with Crippen molar-refractivity contribution in [2.24, 2.45) is 0 Å². The first kappa shape index (κ1) is 11.3. The van der Waals surface area contributed by atoms with E-state index in [2.05, 4.69) is 10.6 Å². The molecule has 0 aliphatic carbocycles. The third-order valence-electron chi connectivity index (χ3n) is 2.70. The summed E-state index contributed by atoms with van der Waals surface area (Å²) >= 11 is 0. The summed E-state index contributed by atoms with van der Waals surface area (Å²) in [6.45, 7) is 0.337. The van der Waals surface area contributed by atoms with Crippen molar-refractivity contribution in [1.82, 2.24) is 5.32 Å². The second-order valence-electron chi connectivity index (χ2n) is 3.62. The van der Waals surface area contributed by atoms with Crippen molar-refractivity contribution in [1.29, 1.82) is 0 Å². The molecule has 1 aromatic rings. The lowest BCUT2D eigenvalue weighted by atomic mass is 9.97. The number of carbonyl (C=O) groups is 1. The third kappa shape index (κ3) is 1.69. The van der Waals surface area contributed by atoms with Crippen LogP contribution in [0.4, 0.5) is 15.8 Å². The number of nitrogens with one attached hydrogen (secondary N) is 2. The van der Waals surface area contributed by atoms with Crippen LogP contribution in [0.2, 0.25) is 0 Å². The van der Waals surface area contributed by atoms with Crippen LogP contribution in [-0.4, -0.2) is 24.4 Å². The van der Waals surface area contributed by atoms with Crippen molar-refractivity contribution < 1.29 is 14.1 Å². The highest BCUT2D eigenvalue weighted by Crippen LogP contribution is 2.33. The summed E-state index contributed by atoms with van der Waals surface area (Å²) in [4.78, 5) is 21.6. The Kier molecular flexibility index (Phi) is 2.66. The Morgan fingerprint density at radius 1 is 1.59 bits per heavy atom. The van der Waals surface area contributed by atoms with E-state index in [1.807, 2.05) is 0 Å². The van der Waals surface area contributed by atoms with Gasteiger partial charge >= 0.3 is 0 Å². The number of carbonyl (C=O) groups excluding carboxylic acids is 1. The fourth-order valence-corrected chi connectivity index (χ4v) is 1.90. The van der Waals surface area contributed by atoms with Crippen molar-refractivity contribution in [3.63, 3.8) is 0 Å². The summed E-state index contributed by atoms with van der Waals surface area (Å²) in [5, 5.41) is 15.8. The largest absolute Gasteiger partial charge is 0.380 e. The predicted molar refractivity (Wildman–Crippen MR) is 58.6 cm³/mol. The van der Waals surface area contributed by atoms with E-state index in [9.17, 15) is 19.3 Å². The Balaban J connectivity index is 2.72. The van der Waals surface area contributed by atoms with Gasteiger partial charge in [0.15, 0.2) is 5.82 Å². The second-order valence-corrected chi connectivity index (χ2v) is 3.62. The van der Waals surface area contributed by atoms with Crippen LogP contribution in [0.15, 0.2) is 6.07 Å². The number of nitrogens with zero attached hydrogens (tertiary/aromatic N) is 1. The van der Waals surface area contributed by atoms with Gasteiger partial charge in [-0.2, -0.15) is 0 Å². The average Bonchev–Trinajstić information content (AvgIpc) is 2.30. The quantitative estimate of drug-likeness (QED) is 0.597. The molecule has 2 N–H and O–H groups in total. The maximum absolute atomic E-state index is 14.0. The molecule has 1 amide bonds. The number of halogens is 1. The Bertz CT molecular complexity index is 502. The fourth-order valence-electron chi connectivity index (χ4n) is 1.90. The van der Waals surface area contributed by atoms with Crippen molar-refractivity contribution in [2.75, 3.05) is 18.9 Å². The number of anilines is 1. The monoisotopic (exact) mass is 239 g/mol. The number of nitro benzene ring substituents is 1. The maximum atomic E-state index is 14.0. The Morgan fingerprint density at radius 2 is 2.29 bits per heavy atom. The SMILES string of the molecule is CNc1c([N+](=O)[O-])cc2c(c1F)CCNC2=O. The van der Waals surface area contributed by atoms with Gasteiger partial charge < -0.3 is 10.6 Å². The summed E-state index contributed by atoms with van der Waals surface area (Å²) in [5.41, 5.74) is -0.340. The zero-order valence-corrected chi connectivity index (χ0v) is 9.04. The van der Waals surface area contributed by atoms with Crippen molar-refractivity contribution in [2.45, 2.75) is 6.42 Å². The van der Waals surface area contributed by atoms with E-state index < -0.39 is 22.3 Å². The molecule has 1 aliphatic heterocycles. The molecule has 6 nitrogen and oxygen atoms in total. The summed E-state index contributed by atoms with van der Waals surface area (Å²) in [5.74, 6) is -1.19. The van der Waals surface area contributed by atoms with E-state index in [4.69, 9.17) is 0 Å². The van der Waals surface area contributed by atoms with Crippen LogP contribution in [0.5, 0.6) is 0 Å². The van der Waals surface area contributed by atoms with Gasteiger partial charge in [0, 0.05) is 25.2 Å². The van der Waals surface area contributed by atoms with E-state index in [1.54, 1.807) is 0 Å². The zero-order valence-electron chi connectivity index (χ0n) is 9.04. The van der Waals surface area contributed by atoms with Gasteiger partial charge in [-0.1, -0.05) is 0 Å². The number of amides is 1. The molecule has 90 valence electrons. The molecular weight excluding hydrogens is 229 g/mol. The van der Waals surface area contributed by atoms with E-state index in [-0.39, 0.29) is 16.8 Å². The average molecular weight is 239 g/mol. The molecule has 2 rings (SSSR count). The van der Waals surface area contributed by atoms with Crippen molar-refractivity contribution in [3.8, 4) is 0 Å². The molecule has 0 bridgehead atoms. The molecule has 0 fully saturated rings. The number of benzene rings is 1. The first-order valence-corrected chi connectivity index (χ1v) is 5.02. The Labute approximate surface area is 96.0 Å². The highest BCUT2D eigenvalue weighted by atomic mass is 19.1. The van der Waals surface area contributed by atoms with E-state index in [1.165, 1.54) is 7.05 Å². The predicted octanol–water partition coefficient (Wildman–Crippen LogP) is 1.06. The number of rotatable bonds is 2. The van der Waals surface area contributed by atoms with Gasteiger partial charge in [0.05, 0.1) is 10.5 Å². The van der Waals surface area contributed by atoms with E-state index in [0.29, 0.717) is 13.0 Å². The third-order valence-corrected chi connectivity index (χ3v) is 2.70. The normalized spacial score (nSPS) is 13.9. The first-order chi connectivity index (χ1) is 8.06. The van der Waals surface area contributed by atoms with Crippen molar-refractivity contribution >= 4 is 17.3 Å². The summed E-state index contributed by atoms with van der Waals surface area (Å²) in [7, 11) is 1.40. The second kappa shape index (κ2) is 4.00. The molecule has 1 aliphatic rings. The Hall–Kier alpha value is -2.18. The first-order valence-electron chi connectivity index (χ1n) is 5.02. The number of fused-ring (bicyclic) bond motifs is 1. The minimum atomic E-state index is -0.716. The molecule has 0 aromatic heterocycles. The molecule has 1 aromatic carbocycles. The van der Waals surface area contributed by atoms with Crippen molar-refractivity contribution in [3.05, 3.63) is 33.1 Å². The van der Waals surface area contributed by atoms with E-state index >= 15 is 0 Å². The molecule has 0 radical (unpaired) electrons. The lowest BCUT2D eigenvalue weighted by Gasteiger charge is -2.18. The number of hydrogen-bond acceptors (Lipinski definition) is 4. The van der Waals surface area contributed by atoms with Gasteiger partial charge in [0.25, 0.3) is 11.6 Å². The van der Waals surface area contributed by atoms with Crippen LogP contribution < -0.4 is 10.6 Å². The summed E-state index contributed by atoms with van der Waals surface area (Å²) in [6, 6.07) is 1.11. The van der Waals surface area contributed by atoms with E-state index in [0.717, 1.165) is 6.07 Å². The molecule has 17 heavy (non-hydrogen) atoms. The highest BCUT2D eigenvalue weighted by molar-refractivity contribution is 5.98. The minimum absolute atomic E-state index is 0.0412. The zero-order chi connectivity index (χ0) is 12.6. The molecule has 1 heterocycles. The Morgan fingerprint density at radius 3 is 2.88 bits per heavy atom. The van der Waals surface area contributed by atoms with Gasteiger partial charge in [-0.15, -0.1) is 0 Å². The fraction of sp³-hybridized carbons (Fsp3) is 0.300. The van der Waals surface area contributed by atoms with Crippen LogP contribution in [0, 0.1) is 15.9 Å². The molecule has 0 atom stereocenters. The minimum Gasteiger partial charge on any atom is -0.380 e. The van der Waals surface area contributed by atoms with Crippen LogP contribution in [0.25, 0.3) is 0 Å². The summed E-state index contributed by atoms with van der Waals surface area (Å²) < 4.78 is 14.0. The van der Waals surface area contributed by atoms with Gasteiger partial charge in [-0.25, -0.2) is 4.39 Å². The van der Waals surface area contributed by atoms with Gasteiger partial charge in [0.1, 0.15) is 5.69 Å². The van der Waals surface area contributed by atoms with Gasteiger partial charge in [-0.05, 0) is 6.42 Å². The van der Waals surface area contributed by atoms with Crippen LogP contribution in [0.1, 0.15) is 15.9 Å². The van der Waals surface area contributed by atoms with Crippen LogP contribution in [0.3, 0.4) is 0 Å². The van der Waals surface area contributed by atoms with Gasteiger partial charge in [0.2, 0.25) is 0 Å².